The molecule has 3 N–H and O–H groups in total. The second kappa shape index (κ2) is 7.53. The Bertz CT molecular complexity index is 631. The molecule has 2 aromatic carbocycles. The van der Waals surface area contributed by atoms with Crippen molar-refractivity contribution in [2.75, 3.05) is 6.61 Å². The summed E-state index contributed by atoms with van der Waals surface area (Å²) in [4.78, 5) is 10.7. The number of aliphatic hydroxyl groups excluding tert-OH is 1. The topological polar surface area (TPSA) is 98.6 Å². The van der Waals surface area contributed by atoms with E-state index in [1.54, 1.807) is 12.1 Å². The van der Waals surface area contributed by atoms with Crippen LogP contribution in [0.15, 0.2) is 48.5 Å². The van der Waals surface area contributed by atoms with E-state index < -0.39 is 11.0 Å². The van der Waals surface area contributed by atoms with Crippen LogP contribution in [0.2, 0.25) is 0 Å². The number of nitro groups is 1. The second-order valence-electron chi connectivity index (χ2n) is 4.98. The highest BCUT2D eigenvalue weighted by molar-refractivity contribution is 5.49. The maximum absolute atomic E-state index is 11.2. The van der Waals surface area contributed by atoms with E-state index in [0.29, 0.717) is 12.0 Å². The smallest absolute Gasteiger partial charge is 0.311 e. The molecule has 0 fully saturated rings. The minimum Gasteiger partial charge on any atom is -0.482 e. The molecule has 0 aliphatic rings. The highest BCUT2D eigenvalue weighted by Crippen LogP contribution is 2.29. The van der Waals surface area contributed by atoms with Crippen molar-refractivity contribution >= 4 is 5.69 Å². The number of rotatable bonds is 7. The summed E-state index contributed by atoms with van der Waals surface area (Å²) < 4.78 is 5.55. The van der Waals surface area contributed by atoms with Crippen LogP contribution in [0, 0.1) is 10.1 Å². The molecule has 0 aliphatic heterocycles. The first-order valence-corrected chi connectivity index (χ1v) is 6.90. The standard InChI is InChI=1S/C16H18N2O4/c17-14(10-19)8-13-6-7-16(15(9-13)18(20)21)22-11-12-4-2-1-3-5-12/h1-7,9,14,19H,8,10-11,17H2. The van der Waals surface area contributed by atoms with Gasteiger partial charge in [0.05, 0.1) is 11.5 Å². The fraction of sp³-hybridized carbons (Fsp3) is 0.250. The lowest BCUT2D eigenvalue weighted by Crippen LogP contribution is -2.26. The van der Waals surface area contributed by atoms with Gasteiger partial charge in [-0.05, 0) is 23.6 Å². The van der Waals surface area contributed by atoms with Crippen LogP contribution in [0.3, 0.4) is 0 Å². The maximum atomic E-state index is 11.2. The molecule has 0 saturated carbocycles. The van der Waals surface area contributed by atoms with Gasteiger partial charge in [0.1, 0.15) is 6.61 Å². The molecule has 0 aliphatic carbocycles. The fourth-order valence-electron chi connectivity index (χ4n) is 2.06. The molecule has 0 bridgehead atoms. The molecule has 6 nitrogen and oxygen atoms in total. The molecule has 0 amide bonds. The van der Waals surface area contributed by atoms with Gasteiger partial charge in [-0.15, -0.1) is 0 Å². The zero-order valence-electron chi connectivity index (χ0n) is 12.0. The van der Waals surface area contributed by atoms with Crippen LogP contribution in [0.4, 0.5) is 5.69 Å². The molecule has 1 unspecified atom stereocenters. The largest absolute Gasteiger partial charge is 0.482 e. The fourth-order valence-corrected chi connectivity index (χ4v) is 2.06. The molecule has 0 aromatic heterocycles. The first-order chi connectivity index (χ1) is 10.6. The van der Waals surface area contributed by atoms with Gasteiger partial charge in [-0.25, -0.2) is 0 Å². The van der Waals surface area contributed by atoms with Crippen LogP contribution in [0.1, 0.15) is 11.1 Å². The molecule has 0 radical (unpaired) electrons. The van der Waals surface area contributed by atoms with Gasteiger partial charge in [-0.3, -0.25) is 10.1 Å². The SMILES string of the molecule is NC(CO)Cc1ccc(OCc2ccccc2)c([N+](=O)[O-])c1. The molecular weight excluding hydrogens is 284 g/mol. The molecule has 116 valence electrons. The number of ether oxygens (including phenoxy) is 1. The third-order valence-corrected chi connectivity index (χ3v) is 3.19. The van der Waals surface area contributed by atoms with Crippen molar-refractivity contribution in [2.24, 2.45) is 5.73 Å². The second-order valence-corrected chi connectivity index (χ2v) is 4.98. The summed E-state index contributed by atoms with van der Waals surface area (Å²) in [5.41, 5.74) is 7.18. The summed E-state index contributed by atoms with van der Waals surface area (Å²) in [5, 5.41) is 20.1. The maximum Gasteiger partial charge on any atom is 0.311 e. The summed E-state index contributed by atoms with van der Waals surface area (Å²) >= 11 is 0. The highest BCUT2D eigenvalue weighted by atomic mass is 16.6. The first-order valence-electron chi connectivity index (χ1n) is 6.90. The Balaban J connectivity index is 2.15. The number of hydrogen-bond acceptors (Lipinski definition) is 5. The van der Waals surface area contributed by atoms with Crippen molar-refractivity contribution in [1.29, 1.82) is 0 Å². The van der Waals surface area contributed by atoms with E-state index in [1.165, 1.54) is 6.07 Å². The van der Waals surface area contributed by atoms with Crippen LogP contribution in [-0.2, 0) is 13.0 Å². The molecule has 1 atom stereocenters. The number of aliphatic hydroxyl groups is 1. The summed E-state index contributed by atoms with van der Waals surface area (Å²) in [6.07, 6.45) is 0.371. The lowest BCUT2D eigenvalue weighted by Gasteiger charge is -2.10. The number of hydrogen-bond donors (Lipinski definition) is 2. The monoisotopic (exact) mass is 302 g/mol. The van der Waals surface area contributed by atoms with E-state index in [0.717, 1.165) is 5.56 Å². The van der Waals surface area contributed by atoms with Gasteiger partial charge in [-0.2, -0.15) is 0 Å². The molecule has 22 heavy (non-hydrogen) atoms. The Morgan fingerprint density at radius 2 is 1.91 bits per heavy atom. The quantitative estimate of drug-likeness (QED) is 0.602. The minimum absolute atomic E-state index is 0.0985. The van der Waals surface area contributed by atoms with Crippen molar-refractivity contribution in [1.82, 2.24) is 0 Å². The van der Waals surface area contributed by atoms with Crippen molar-refractivity contribution < 1.29 is 14.8 Å². The number of nitro benzene ring substituents is 1. The lowest BCUT2D eigenvalue weighted by atomic mass is 10.1. The number of nitrogens with two attached hydrogens (primary N) is 1. The molecular formula is C16H18N2O4. The van der Waals surface area contributed by atoms with Crippen molar-refractivity contribution in [3.8, 4) is 5.75 Å². The molecule has 0 spiro atoms. The predicted octanol–water partition coefficient (Wildman–Crippen LogP) is 2.04. The summed E-state index contributed by atoms with van der Waals surface area (Å²) in [6.45, 7) is 0.0945. The average molecular weight is 302 g/mol. The third-order valence-electron chi connectivity index (χ3n) is 3.19. The van der Waals surface area contributed by atoms with Crippen molar-refractivity contribution in [2.45, 2.75) is 19.1 Å². The van der Waals surface area contributed by atoms with Gasteiger partial charge < -0.3 is 15.6 Å². The van der Waals surface area contributed by atoms with Crippen molar-refractivity contribution in [3.63, 3.8) is 0 Å². The summed E-state index contributed by atoms with van der Waals surface area (Å²) in [7, 11) is 0. The van der Waals surface area contributed by atoms with Gasteiger partial charge in [-0.1, -0.05) is 36.4 Å². The Morgan fingerprint density at radius 1 is 1.18 bits per heavy atom. The van der Waals surface area contributed by atoms with Crippen molar-refractivity contribution in [3.05, 3.63) is 69.8 Å². The molecule has 0 saturated heterocycles. The Kier molecular flexibility index (Phi) is 5.46. The average Bonchev–Trinajstić information content (AvgIpc) is 2.54. The Hall–Kier alpha value is -2.44. The molecule has 2 aromatic rings. The summed E-state index contributed by atoms with van der Waals surface area (Å²) in [6, 6.07) is 13.7. The van der Waals surface area contributed by atoms with E-state index in [9.17, 15) is 10.1 Å². The molecule has 2 rings (SSSR count). The van der Waals surface area contributed by atoms with Crippen LogP contribution in [-0.4, -0.2) is 22.7 Å². The Morgan fingerprint density at radius 3 is 2.55 bits per heavy atom. The highest BCUT2D eigenvalue weighted by Gasteiger charge is 2.17. The van der Waals surface area contributed by atoms with Gasteiger partial charge in [0.15, 0.2) is 5.75 Å². The normalized spacial score (nSPS) is 11.9. The zero-order chi connectivity index (χ0) is 15.9. The van der Waals surface area contributed by atoms with Crippen LogP contribution in [0.25, 0.3) is 0 Å². The van der Waals surface area contributed by atoms with E-state index in [2.05, 4.69) is 0 Å². The Labute approximate surface area is 128 Å². The molecule has 0 heterocycles. The van der Waals surface area contributed by atoms with Gasteiger partial charge in [0.25, 0.3) is 0 Å². The van der Waals surface area contributed by atoms with Crippen LogP contribution < -0.4 is 10.5 Å². The zero-order valence-corrected chi connectivity index (χ0v) is 12.0. The van der Waals surface area contributed by atoms with Gasteiger partial charge in [0, 0.05) is 12.1 Å². The van der Waals surface area contributed by atoms with Gasteiger partial charge in [0.2, 0.25) is 0 Å². The van der Waals surface area contributed by atoms with Crippen LogP contribution >= 0.6 is 0 Å². The predicted molar refractivity (Wildman–Crippen MR) is 82.6 cm³/mol. The van der Waals surface area contributed by atoms with Crippen LogP contribution in [0.5, 0.6) is 5.75 Å². The van der Waals surface area contributed by atoms with Gasteiger partial charge >= 0.3 is 5.69 Å². The number of nitrogens with zero attached hydrogens (tertiary/aromatic N) is 1. The lowest BCUT2D eigenvalue weighted by molar-refractivity contribution is -0.386. The third kappa shape index (κ3) is 4.28. The van der Waals surface area contributed by atoms with E-state index in [4.69, 9.17) is 15.6 Å². The molecule has 6 heteroatoms. The minimum atomic E-state index is -0.478. The first kappa shape index (κ1) is 15.9. The van der Waals surface area contributed by atoms with E-state index in [1.807, 2.05) is 30.3 Å². The van der Waals surface area contributed by atoms with E-state index >= 15 is 0 Å². The summed E-state index contributed by atoms with van der Waals surface area (Å²) in [5.74, 6) is 0.218. The number of benzene rings is 2. The van der Waals surface area contributed by atoms with E-state index in [-0.39, 0.29) is 24.7 Å².